The van der Waals surface area contributed by atoms with Crippen LogP contribution in [0.2, 0.25) is 0 Å². The molecule has 0 spiro atoms. The zero-order chi connectivity index (χ0) is 12.8. The van der Waals surface area contributed by atoms with Crippen LogP contribution in [-0.4, -0.2) is 10.4 Å². The highest BCUT2D eigenvalue weighted by molar-refractivity contribution is 6.20. The normalized spacial score (nSPS) is 20.1. The van der Waals surface area contributed by atoms with Crippen molar-refractivity contribution in [3.05, 3.63) is 29.6 Å². The lowest BCUT2D eigenvalue weighted by Gasteiger charge is -2.24. The average Bonchev–Trinajstić information content (AvgIpc) is 2.31. The topological polar surface area (TPSA) is 12.9 Å². The Hall–Kier alpha value is -0.560. The summed E-state index contributed by atoms with van der Waals surface area (Å²) in [6.45, 7) is 2.07. The maximum absolute atomic E-state index is 6.62. The second kappa shape index (κ2) is 7.13. The maximum atomic E-state index is 6.62. The molecule has 18 heavy (non-hydrogen) atoms. The predicted molar refractivity (Wildman–Crippen MR) is 78.1 cm³/mol. The molecule has 1 heterocycles. The fourth-order valence-electron chi connectivity index (χ4n) is 2.84. The third kappa shape index (κ3) is 4.28. The minimum Gasteiger partial charge on any atom is -0.261 e. The number of rotatable bonds is 3. The van der Waals surface area contributed by atoms with Gasteiger partial charge in [-0.15, -0.1) is 11.6 Å². The van der Waals surface area contributed by atoms with Crippen LogP contribution in [0.5, 0.6) is 0 Å². The average molecular weight is 266 g/mol. The van der Waals surface area contributed by atoms with Gasteiger partial charge in [-0.3, -0.25) is 4.98 Å². The second-order valence-corrected chi connectivity index (χ2v) is 6.21. The van der Waals surface area contributed by atoms with E-state index in [1.54, 1.807) is 0 Å². The van der Waals surface area contributed by atoms with E-state index in [2.05, 4.69) is 24.0 Å². The van der Waals surface area contributed by atoms with Crippen LogP contribution in [0.3, 0.4) is 0 Å². The molecule has 1 atom stereocenters. The molecule has 1 aromatic heterocycles. The summed E-state index contributed by atoms with van der Waals surface area (Å²) in [5.41, 5.74) is 2.36. The summed E-state index contributed by atoms with van der Waals surface area (Å²) >= 11 is 6.62. The molecule has 1 unspecified atom stereocenters. The lowest BCUT2D eigenvalue weighted by atomic mass is 9.87. The number of nitrogens with zero attached hydrogens (tertiary/aromatic N) is 1. The van der Waals surface area contributed by atoms with Crippen molar-refractivity contribution in [1.29, 1.82) is 0 Å². The molecule has 2 rings (SSSR count). The van der Waals surface area contributed by atoms with E-state index in [-0.39, 0.29) is 5.38 Å². The first-order valence-electron chi connectivity index (χ1n) is 7.31. The van der Waals surface area contributed by atoms with E-state index in [1.807, 2.05) is 6.20 Å². The molecule has 0 amide bonds. The molecule has 1 aliphatic rings. The molecule has 0 radical (unpaired) electrons. The van der Waals surface area contributed by atoms with Gasteiger partial charge in [0.05, 0.1) is 0 Å². The third-order valence-corrected chi connectivity index (χ3v) is 4.55. The standard InChI is InChI=1S/C16H24ClN/c1-13-9-10-15(18-12-13)11-16(17)14-7-5-3-2-4-6-8-14/h9-10,12,14,16H,2-8,11H2,1H3. The Kier molecular flexibility index (Phi) is 5.49. The quantitative estimate of drug-likeness (QED) is 0.709. The van der Waals surface area contributed by atoms with E-state index in [4.69, 9.17) is 11.6 Å². The van der Waals surface area contributed by atoms with Crippen molar-refractivity contribution >= 4 is 11.6 Å². The lowest BCUT2D eigenvalue weighted by molar-refractivity contribution is 0.363. The Morgan fingerprint density at radius 2 is 1.83 bits per heavy atom. The van der Waals surface area contributed by atoms with E-state index in [0.717, 1.165) is 12.1 Å². The monoisotopic (exact) mass is 265 g/mol. The van der Waals surface area contributed by atoms with E-state index in [1.165, 1.54) is 50.5 Å². The van der Waals surface area contributed by atoms with Gasteiger partial charge in [-0.05, 0) is 37.3 Å². The third-order valence-electron chi connectivity index (χ3n) is 4.04. The van der Waals surface area contributed by atoms with Crippen LogP contribution in [0.4, 0.5) is 0 Å². The number of hydrogen-bond donors (Lipinski definition) is 0. The molecular weight excluding hydrogens is 242 g/mol. The zero-order valence-electron chi connectivity index (χ0n) is 11.4. The molecule has 1 fully saturated rings. The van der Waals surface area contributed by atoms with Gasteiger partial charge in [-0.1, -0.05) is 38.2 Å². The molecule has 1 aliphatic carbocycles. The van der Waals surface area contributed by atoms with Crippen molar-refractivity contribution in [2.24, 2.45) is 5.92 Å². The van der Waals surface area contributed by atoms with Gasteiger partial charge < -0.3 is 0 Å². The van der Waals surface area contributed by atoms with Crippen LogP contribution < -0.4 is 0 Å². The summed E-state index contributed by atoms with van der Waals surface area (Å²) in [5.74, 6) is 0.690. The summed E-state index contributed by atoms with van der Waals surface area (Å²) in [5, 5.41) is 0.262. The highest BCUT2D eigenvalue weighted by Crippen LogP contribution is 2.29. The van der Waals surface area contributed by atoms with Gasteiger partial charge >= 0.3 is 0 Å². The van der Waals surface area contributed by atoms with Crippen molar-refractivity contribution in [2.75, 3.05) is 0 Å². The number of pyridine rings is 1. The van der Waals surface area contributed by atoms with Gasteiger partial charge in [0.25, 0.3) is 0 Å². The Morgan fingerprint density at radius 1 is 1.17 bits per heavy atom. The fourth-order valence-corrected chi connectivity index (χ4v) is 3.25. The van der Waals surface area contributed by atoms with E-state index < -0.39 is 0 Å². The van der Waals surface area contributed by atoms with Crippen molar-refractivity contribution in [2.45, 2.75) is 63.7 Å². The van der Waals surface area contributed by atoms with Gasteiger partial charge in [-0.25, -0.2) is 0 Å². The number of hydrogen-bond acceptors (Lipinski definition) is 1. The summed E-state index contributed by atoms with van der Waals surface area (Å²) in [6, 6.07) is 4.25. The van der Waals surface area contributed by atoms with Gasteiger partial charge in [0, 0.05) is 23.7 Å². The van der Waals surface area contributed by atoms with Gasteiger partial charge in [0.2, 0.25) is 0 Å². The molecule has 0 bridgehead atoms. The zero-order valence-corrected chi connectivity index (χ0v) is 12.1. The van der Waals surface area contributed by atoms with Crippen LogP contribution >= 0.6 is 11.6 Å². The lowest BCUT2D eigenvalue weighted by Crippen LogP contribution is -2.19. The molecule has 1 saturated carbocycles. The van der Waals surface area contributed by atoms with Gasteiger partial charge in [0.15, 0.2) is 0 Å². The van der Waals surface area contributed by atoms with E-state index in [0.29, 0.717) is 5.92 Å². The number of alkyl halides is 1. The molecule has 1 nitrogen and oxygen atoms in total. The van der Waals surface area contributed by atoms with E-state index >= 15 is 0 Å². The Labute approximate surface area is 116 Å². The summed E-state index contributed by atoms with van der Waals surface area (Å²) in [7, 11) is 0. The molecule has 0 aliphatic heterocycles. The van der Waals surface area contributed by atoms with Gasteiger partial charge in [0.1, 0.15) is 0 Å². The Morgan fingerprint density at radius 3 is 2.44 bits per heavy atom. The van der Waals surface area contributed by atoms with Gasteiger partial charge in [-0.2, -0.15) is 0 Å². The van der Waals surface area contributed by atoms with Crippen molar-refractivity contribution < 1.29 is 0 Å². The number of aryl methyl sites for hydroxylation is 1. The second-order valence-electron chi connectivity index (χ2n) is 5.65. The fraction of sp³-hybridized carbons (Fsp3) is 0.688. The van der Waals surface area contributed by atoms with E-state index in [9.17, 15) is 0 Å². The van der Waals surface area contributed by atoms with Crippen LogP contribution in [0.1, 0.15) is 56.2 Å². The summed E-state index contributed by atoms with van der Waals surface area (Å²) in [6.07, 6.45) is 12.4. The minimum absolute atomic E-state index is 0.262. The molecule has 100 valence electrons. The largest absolute Gasteiger partial charge is 0.261 e. The molecule has 0 saturated heterocycles. The highest BCUT2D eigenvalue weighted by Gasteiger charge is 2.20. The first kappa shape index (κ1) is 13.9. The van der Waals surface area contributed by atoms with Crippen molar-refractivity contribution in [3.63, 3.8) is 0 Å². The van der Waals surface area contributed by atoms with Crippen LogP contribution in [0, 0.1) is 12.8 Å². The molecule has 0 N–H and O–H groups in total. The Bertz CT molecular complexity index is 339. The summed E-state index contributed by atoms with van der Waals surface area (Å²) < 4.78 is 0. The smallest absolute Gasteiger partial charge is 0.0419 e. The molecule has 0 aromatic carbocycles. The minimum atomic E-state index is 0.262. The van der Waals surface area contributed by atoms with Crippen LogP contribution in [-0.2, 0) is 6.42 Å². The predicted octanol–water partition coefficient (Wildman–Crippen LogP) is 4.90. The molecule has 2 heteroatoms. The highest BCUT2D eigenvalue weighted by atomic mass is 35.5. The van der Waals surface area contributed by atoms with Crippen molar-refractivity contribution in [1.82, 2.24) is 4.98 Å². The summed E-state index contributed by atoms with van der Waals surface area (Å²) in [4.78, 5) is 4.47. The van der Waals surface area contributed by atoms with Crippen LogP contribution in [0.25, 0.3) is 0 Å². The molecular formula is C16H24ClN. The first-order chi connectivity index (χ1) is 8.75. The maximum Gasteiger partial charge on any atom is 0.0419 e. The van der Waals surface area contributed by atoms with Crippen LogP contribution in [0.15, 0.2) is 18.3 Å². The molecule has 1 aromatic rings. The number of halogens is 1. The number of aromatic nitrogens is 1. The van der Waals surface area contributed by atoms with Crippen molar-refractivity contribution in [3.8, 4) is 0 Å². The Balaban J connectivity index is 1.89. The first-order valence-corrected chi connectivity index (χ1v) is 7.75. The SMILES string of the molecule is Cc1ccc(CC(Cl)C2CCCCCCC2)nc1.